The van der Waals surface area contributed by atoms with Crippen molar-refractivity contribution < 1.29 is 19.1 Å². The van der Waals surface area contributed by atoms with Crippen LogP contribution in [0.2, 0.25) is 5.02 Å². The van der Waals surface area contributed by atoms with E-state index >= 15 is 0 Å². The number of amides is 2. The highest BCUT2D eigenvalue weighted by Crippen LogP contribution is 2.33. The summed E-state index contributed by atoms with van der Waals surface area (Å²) in [5.41, 5.74) is 2.24. The number of fused-ring (bicyclic) bond motifs is 2. The number of likely N-dealkylation sites (N-methyl/N-ethyl adjacent to an activating group) is 1. The monoisotopic (exact) mass is 531 g/mol. The van der Waals surface area contributed by atoms with Crippen LogP contribution in [-0.4, -0.2) is 72.4 Å². The van der Waals surface area contributed by atoms with Gasteiger partial charge >= 0.3 is 0 Å². The smallest absolute Gasteiger partial charge is 0.280 e. The van der Waals surface area contributed by atoms with E-state index < -0.39 is 11.8 Å². The van der Waals surface area contributed by atoms with E-state index in [4.69, 9.17) is 21.1 Å². The lowest BCUT2D eigenvalue weighted by Gasteiger charge is -2.43. The van der Waals surface area contributed by atoms with E-state index in [2.05, 4.69) is 32.5 Å². The Morgan fingerprint density at radius 3 is 2.75 bits per heavy atom. The third kappa shape index (κ3) is 5.01. The van der Waals surface area contributed by atoms with Crippen molar-refractivity contribution in [3.05, 3.63) is 50.6 Å². The molecular weight excluding hydrogens is 502 g/mol. The maximum Gasteiger partial charge on any atom is 0.280 e. The summed E-state index contributed by atoms with van der Waals surface area (Å²) < 4.78 is 11.4. The molecule has 0 radical (unpaired) electrons. The third-order valence-corrected chi connectivity index (χ3v) is 8.49. The topological polar surface area (TPSA) is 109 Å². The van der Waals surface area contributed by atoms with Crippen molar-refractivity contribution in [2.24, 2.45) is 0 Å². The number of nitrogens with zero attached hydrogens (tertiary/aromatic N) is 2. The predicted octanol–water partition coefficient (Wildman–Crippen LogP) is 3.34. The maximum absolute atomic E-state index is 13.2. The summed E-state index contributed by atoms with van der Waals surface area (Å²) in [4.78, 5) is 37.5. The molecule has 2 aliphatic rings. The average molecular weight is 532 g/mol. The van der Waals surface area contributed by atoms with Crippen LogP contribution in [0, 0.1) is 0 Å². The molecule has 2 aromatic heterocycles. The molecule has 1 aliphatic heterocycles. The molecule has 0 spiro atoms. The molecule has 3 N–H and O–H groups in total. The fourth-order valence-corrected chi connectivity index (χ4v) is 6.33. The first-order valence-electron chi connectivity index (χ1n) is 12.0. The first kappa shape index (κ1) is 25.2. The largest absolute Gasteiger partial charge is 0.353 e. The fourth-order valence-electron chi connectivity index (χ4n) is 5.06. The molecule has 9 nitrogen and oxygen atoms in total. The molecule has 1 aliphatic carbocycles. The number of nitrogens with one attached hydrogen (secondary N) is 3. The van der Waals surface area contributed by atoms with Crippen LogP contribution in [0.15, 0.2) is 24.3 Å². The van der Waals surface area contributed by atoms with Gasteiger partial charge in [-0.25, -0.2) is 4.98 Å². The number of carbonyl (C=O) groups is 2. The second kappa shape index (κ2) is 10.1. The summed E-state index contributed by atoms with van der Waals surface area (Å²) >= 11 is 7.54. The molecule has 1 fully saturated rings. The summed E-state index contributed by atoms with van der Waals surface area (Å²) in [6, 6.07) is 6.47. The second-order valence-corrected chi connectivity index (χ2v) is 11.0. The molecule has 2 unspecified atom stereocenters. The standard InChI is InChI=1S/C25H30ClN5O4S/c1-31-9-7-18-21(13-31)36-24(30-18)23(33)28-17-6-8-25(34-2,35-3)12-20(17)29-22(32)19-11-14-10-15(26)4-5-16(14)27-19/h4-5,10-11,17,20,27H,6-9,12-13H2,1-3H3,(H,28,33)(H,29,32). The zero-order valence-corrected chi connectivity index (χ0v) is 22.1. The Kier molecular flexibility index (Phi) is 7.06. The van der Waals surface area contributed by atoms with Gasteiger partial charge in [0.05, 0.1) is 11.7 Å². The Labute approximate surface area is 218 Å². The number of aromatic nitrogens is 2. The Morgan fingerprint density at radius 2 is 1.97 bits per heavy atom. The first-order valence-corrected chi connectivity index (χ1v) is 13.2. The highest BCUT2D eigenvalue weighted by atomic mass is 35.5. The zero-order valence-electron chi connectivity index (χ0n) is 20.5. The van der Waals surface area contributed by atoms with Gasteiger partial charge in [0.25, 0.3) is 11.8 Å². The van der Waals surface area contributed by atoms with Gasteiger partial charge in [0, 0.05) is 73.4 Å². The fraction of sp³-hybridized carbons (Fsp3) is 0.480. The van der Waals surface area contributed by atoms with Crippen LogP contribution in [0.4, 0.5) is 0 Å². The molecule has 3 heterocycles. The molecule has 192 valence electrons. The van der Waals surface area contributed by atoms with Crippen LogP contribution in [0.25, 0.3) is 10.9 Å². The van der Waals surface area contributed by atoms with Crippen molar-refractivity contribution in [2.45, 2.75) is 50.1 Å². The number of ether oxygens (including phenoxy) is 2. The molecule has 1 aromatic carbocycles. The van der Waals surface area contributed by atoms with Crippen molar-refractivity contribution in [1.82, 2.24) is 25.5 Å². The molecule has 5 rings (SSSR count). The minimum absolute atomic E-state index is 0.219. The van der Waals surface area contributed by atoms with Gasteiger partial charge in [0.1, 0.15) is 5.69 Å². The van der Waals surface area contributed by atoms with Crippen LogP contribution in [0.1, 0.15) is 50.1 Å². The van der Waals surface area contributed by atoms with Gasteiger partial charge in [-0.2, -0.15) is 0 Å². The molecule has 0 bridgehead atoms. The van der Waals surface area contributed by atoms with Crippen molar-refractivity contribution in [1.29, 1.82) is 0 Å². The minimum atomic E-state index is -0.835. The molecule has 3 aromatic rings. The number of carbonyl (C=O) groups excluding carboxylic acids is 2. The Morgan fingerprint density at radius 1 is 1.19 bits per heavy atom. The number of hydrogen-bond donors (Lipinski definition) is 3. The molecule has 11 heteroatoms. The first-order chi connectivity index (χ1) is 17.3. The van der Waals surface area contributed by atoms with E-state index in [-0.39, 0.29) is 17.9 Å². The lowest BCUT2D eigenvalue weighted by Crippen LogP contribution is -2.59. The number of aromatic amines is 1. The van der Waals surface area contributed by atoms with Crippen LogP contribution >= 0.6 is 22.9 Å². The van der Waals surface area contributed by atoms with Gasteiger partial charge in [0.2, 0.25) is 0 Å². The van der Waals surface area contributed by atoms with Gasteiger partial charge < -0.3 is 30.0 Å². The highest BCUT2D eigenvalue weighted by molar-refractivity contribution is 7.13. The van der Waals surface area contributed by atoms with Gasteiger partial charge in [-0.15, -0.1) is 11.3 Å². The van der Waals surface area contributed by atoms with E-state index in [1.54, 1.807) is 32.4 Å². The molecule has 2 atom stereocenters. The minimum Gasteiger partial charge on any atom is -0.353 e. The average Bonchev–Trinajstić information content (AvgIpc) is 3.49. The predicted molar refractivity (Wildman–Crippen MR) is 139 cm³/mol. The van der Waals surface area contributed by atoms with Gasteiger partial charge in [-0.1, -0.05) is 11.6 Å². The molecule has 0 saturated heterocycles. The van der Waals surface area contributed by atoms with Gasteiger partial charge in [-0.05, 0) is 37.7 Å². The van der Waals surface area contributed by atoms with Crippen molar-refractivity contribution in [3.63, 3.8) is 0 Å². The highest BCUT2D eigenvalue weighted by Gasteiger charge is 2.43. The van der Waals surface area contributed by atoms with Crippen molar-refractivity contribution in [3.8, 4) is 0 Å². The van der Waals surface area contributed by atoms with E-state index in [9.17, 15) is 9.59 Å². The maximum atomic E-state index is 13.2. The second-order valence-electron chi connectivity index (χ2n) is 9.51. The number of hydrogen-bond acceptors (Lipinski definition) is 7. The van der Waals surface area contributed by atoms with Gasteiger partial charge in [0.15, 0.2) is 10.8 Å². The van der Waals surface area contributed by atoms with E-state index in [0.717, 1.165) is 41.0 Å². The van der Waals surface area contributed by atoms with Crippen LogP contribution in [-0.2, 0) is 22.4 Å². The van der Waals surface area contributed by atoms with Crippen molar-refractivity contribution >= 4 is 45.7 Å². The van der Waals surface area contributed by atoms with Crippen LogP contribution < -0.4 is 10.6 Å². The lowest BCUT2D eigenvalue weighted by atomic mass is 9.85. The van der Waals surface area contributed by atoms with Crippen molar-refractivity contribution in [2.75, 3.05) is 27.8 Å². The van der Waals surface area contributed by atoms with E-state index in [1.807, 2.05) is 6.07 Å². The quantitative estimate of drug-likeness (QED) is 0.421. The summed E-state index contributed by atoms with van der Waals surface area (Å²) in [5, 5.41) is 8.13. The van der Waals surface area contributed by atoms with E-state index in [1.165, 1.54) is 11.3 Å². The molecule has 1 saturated carbocycles. The third-order valence-electron chi connectivity index (χ3n) is 7.17. The number of H-pyrrole nitrogens is 1. The number of methoxy groups -OCH3 is 2. The molecule has 36 heavy (non-hydrogen) atoms. The SMILES string of the molecule is COC1(OC)CCC(NC(=O)c2nc3c(s2)CN(C)CC3)C(NC(=O)c2cc3cc(Cl)ccc3[nH]2)C1. The number of benzene rings is 1. The Bertz CT molecular complexity index is 1290. The zero-order chi connectivity index (χ0) is 25.4. The van der Waals surface area contributed by atoms with Crippen LogP contribution in [0.5, 0.6) is 0 Å². The number of thiazole rings is 1. The summed E-state index contributed by atoms with van der Waals surface area (Å²) in [6.07, 6.45) is 2.40. The normalized spacial score (nSPS) is 21.8. The Hall–Kier alpha value is -2.50. The molecular formula is C25H30ClN5O4S. The molecule has 2 amide bonds. The number of rotatable bonds is 6. The van der Waals surface area contributed by atoms with E-state index in [0.29, 0.717) is 35.0 Å². The lowest BCUT2D eigenvalue weighted by molar-refractivity contribution is -0.228. The number of halogens is 1. The summed E-state index contributed by atoms with van der Waals surface area (Å²) in [7, 11) is 5.26. The summed E-state index contributed by atoms with van der Waals surface area (Å²) in [6.45, 7) is 1.74. The Balaban J connectivity index is 1.34. The summed E-state index contributed by atoms with van der Waals surface area (Å²) in [5.74, 6) is -1.33. The van der Waals surface area contributed by atoms with Crippen LogP contribution in [0.3, 0.4) is 0 Å². The van der Waals surface area contributed by atoms with Gasteiger partial charge in [-0.3, -0.25) is 9.59 Å².